The third-order valence-corrected chi connectivity index (χ3v) is 4.78. The monoisotopic (exact) mass is 259 g/mol. The first-order valence-corrected chi connectivity index (χ1v) is 9.36. The summed E-state index contributed by atoms with van der Waals surface area (Å²) in [6.07, 6.45) is 1.33. The lowest BCUT2D eigenvalue weighted by Gasteiger charge is -2.18. The minimum absolute atomic E-state index is 0.513. The van der Waals surface area contributed by atoms with Crippen LogP contribution in [0.5, 0.6) is 0 Å². The Hall–Kier alpha value is -1.66. The normalized spacial score (nSPS) is 11.6. The van der Waals surface area contributed by atoms with Crippen molar-refractivity contribution in [3.8, 4) is 11.4 Å². The molecule has 0 aliphatic rings. The van der Waals surface area contributed by atoms with Gasteiger partial charge in [0.2, 0.25) is 5.82 Å². The molecule has 0 saturated heterocycles. The largest absolute Gasteiger partial charge is 0.326 e. The van der Waals surface area contributed by atoms with Gasteiger partial charge in [0, 0.05) is 12.1 Å². The molecule has 94 valence electrons. The van der Waals surface area contributed by atoms with E-state index >= 15 is 0 Å². The third-order valence-electron chi connectivity index (χ3n) is 2.76. The van der Waals surface area contributed by atoms with E-state index in [0.717, 1.165) is 11.1 Å². The zero-order valence-corrected chi connectivity index (χ0v) is 11.9. The summed E-state index contributed by atoms with van der Waals surface area (Å²) in [4.78, 5) is 0. The molecule has 1 aromatic heterocycles. The Morgan fingerprint density at radius 3 is 2.28 bits per heavy atom. The predicted molar refractivity (Wildman–Crippen MR) is 73.9 cm³/mol. The Morgan fingerprint density at radius 2 is 1.72 bits per heavy atom. The van der Waals surface area contributed by atoms with Crippen LogP contribution in [-0.2, 0) is 6.54 Å². The van der Waals surface area contributed by atoms with Crippen LogP contribution in [0.15, 0.2) is 24.5 Å². The topological polar surface area (TPSA) is 77.6 Å². The second-order valence-electron chi connectivity index (χ2n) is 5.24. The molecule has 0 atom stereocenters. The summed E-state index contributed by atoms with van der Waals surface area (Å²) in [5.41, 5.74) is 7.79. The van der Waals surface area contributed by atoms with Crippen molar-refractivity contribution in [2.45, 2.75) is 26.2 Å². The molecule has 2 aromatic rings. The van der Waals surface area contributed by atoms with Crippen molar-refractivity contribution in [2.24, 2.45) is 5.73 Å². The minimum atomic E-state index is -1.40. The number of hydrogen-bond acceptors (Lipinski definition) is 5. The van der Waals surface area contributed by atoms with Gasteiger partial charge in [-0.3, -0.25) is 0 Å². The highest BCUT2D eigenvalue weighted by Gasteiger charge is 2.18. The van der Waals surface area contributed by atoms with Gasteiger partial charge < -0.3 is 5.73 Å². The molecule has 0 aliphatic heterocycles. The second kappa shape index (κ2) is 4.91. The SMILES string of the molecule is C[Si](C)(C)c1cc(CN)cc(-c2nncnn2)c1. The molecule has 0 fully saturated rings. The molecular weight excluding hydrogens is 242 g/mol. The molecule has 5 nitrogen and oxygen atoms in total. The van der Waals surface area contributed by atoms with Crippen molar-refractivity contribution < 1.29 is 0 Å². The van der Waals surface area contributed by atoms with Crippen molar-refractivity contribution in [2.75, 3.05) is 0 Å². The molecular formula is C12H17N5Si. The van der Waals surface area contributed by atoms with Gasteiger partial charge in [0.05, 0.1) is 8.07 Å². The Morgan fingerprint density at radius 1 is 1.06 bits per heavy atom. The van der Waals surface area contributed by atoms with Gasteiger partial charge in [-0.05, 0) is 11.6 Å². The average molecular weight is 259 g/mol. The van der Waals surface area contributed by atoms with Crippen LogP contribution in [0.4, 0.5) is 0 Å². The molecule has 0 aliphatic carbocycles. The van der Waals surface area contributed by atoms with Crippen molar-refractivity contribution in [1.82, 2.24) is 20.4 Å². The lowest BCUT2D eigenvalue weighted by molar-refractivity contribution is 0.864. The Kier molecular flexibility index (Phi) is 3.49. The van der Waals surface area contributed by atoms with E-state index in [1.54, 1.807) is 0 Å². The molecule has 0 spiro atoms. The molecule has 0 bridgehead atoms. The summed E-state index contributed by atoms with van der Waals surface area (Å²) >= 11 is 0. The lowest BCUT2D eigenvalue weighted by Crippen LogP contribution is -2.38. The molecule has 18 heavy (non-hydrogen) atoms. The van der Waals surface area contributed by atoms with Crippen molar-refractivity contribution in [3.05, 3.63) is 30.1 Å². The van der Waals surface area contributed by atoms with Crippen molar-refractivity contribution in [3.63, 3.8) is 0 Å². The van der Waals surface area contributed by atoms with Crippen LogP contribution < -0.4 is 10.9 Å². The Balaban J connectivity index is 2.55. The molecule has 0 amide bonds. The highest BCUT2D eigenvalue weighted by molar-refractivity contribution is 6.88. The standard InChI is InChI=1S/C12H17N5Si/c1-18(2,3)11-5-9(7-13)4-10(6-11)12-16-14-8-15-17-12/h4-6,8H,7,13H2,1-3H3. The van der Waals surface area contributed by atoms with Crippen LogP contribution in [0, 0.1) is 0 Å². The molecule has 2 rings (SSSR count). The molecule has 0 radical (unpaired) electrons. The Bertz CT molecular complexity index is 536. The predicted octanol–water partition coefficient (Wildman–Crippen LogP) is 0.937. The van der Waals surface area contributed by atoms with E-state index in [4.69, 9.17) is 5.73 Å². The lowest BCUT2D eigenvalue weighted by atomic mass is 10.1. The fraction of sp³-hybridized carbons (Fsp3) is 0.333. The maximum Gasteiger partial charge on any atom is 0.203 e. The molecule has 1 heterocycles. The van der Waals surface area contributed by atoms with Gasteiger partial charge in [-0.15, -0.1) is 20.4 Å². The Labute approximate surface area is 107 Å². The zero-order valence-electron chi connectivity index (χ0n) is 10.9. The van der Waals surface area contributed by atoms with E-state index in [9.17, 15) is 0 Å². The van der Waals surface area contributed by atoms with E-state index in [-0.39, 0.29) is 0 Å². The zero-order chi connectivity index (χ0) is 13.2. The van der Waals surface area contributed by atoms with Crippen molar-refractivity contribution >= 4 is 13.3 Å². The minimum Gasteiger partial charge on any atom is -0.326 e. The molecule has 2 N–H and O–H groups in total. The summed E-state index contributed by atoms with van der Waals surface area (Å²) in [6, 6.07) is 6.31. The van der Waals surface area contributed by atoms with Crippen LogP contribution in [0.1, 0.15) is 5.56 Å². The summed E-state index contributed by atoms with van der Waals surface area (Å²) in [7, 11) is -1.40. The van der Waals surface area contributed by atoms with E-state index in [1.807, 2.05) is 6.07 Å². The van der Waals surface area contributed by atoms with Gasteiger partial charge in [0.15, 0.2) is 6.33 Å². The van der Waals surface area contributed by atoms with Crippen LogP contribution in [-0.4, -0.2) is 28.5 Å². The van der Waals surface area contributed by atoms with Crippen molar-refractivity contribution in [1.29, 1.82) is 0 Å². The van der Waals surface area contributed by atoms with Crippen LogP contribution in [0.25, 0.3) is 11.4 Å². The quantitative estimate of drug-likeness (QED) is 0.830. The van der Waals surface area contributed by atoms with Crippen LogP contribution in [0.3, 0.4) is 0 Å². The smallest absolute Gasteiger partial charge is 0.203 e. The van der Waals surface area contributed by atoms with Gasteiger partial charge >= 0.3 is 0 Å². The van der Waals surface area contributed by atoms with Gasteiger partial charge in [0.25, 0.3) is 0 Å². The summed E-state index contributed by atoms with van der Waals surface area (Å²) in [6.45, 7) is 7.41. The number of benzene rings is 1. The van der Waals surface area contributed by atoms with E-state index in [1.165, 1.54) is 11.5 Å². The molecule has 0 unspecified atom stereocenters. The maximum atomic E-state index is 5.75. The first-order chi connectivity index (χ1) is 8.50. The number of nitrogens with two attached hydrogens (primary N) is 1. The van der Waals surface area contributed by atoms with E-state index in [0.29, 0.717) is 12.4 Å². The number of aromatic nitrogens is 4. The molecule has 6 heteroatoms. The fourth-order valence-corrected chi connectivity index (χ4v) is 2.90. The average Bonchev–Trinajstić information content (AvgIpc) is 2.38. The van der Waals surface area contributed by atoms with E-state index < -0.39 is 8.07 Å². The summed E-state index contributed by atoms with van der Waals surface area (Å²) in [5.74, 6) is 0.548. The number of hydrogen-bond donors (Lipinski definition) is 1. The first-order valence-electron chi connectivity index (χ1n) is 5.86. The number of nitrogens with zero attached hydrogens (tertiary/aromatic N) is 4. The van der Waals surface area contributed by atoms with Gasteiger partial charge in [0.1, 0.15) is 0 Å². The molecule has 1 aromatic carbocycles. The second-order valence-corrected chi connectivity index (χ2v) is 10.3. The van der Waals surface area contributed by atoms with Gasteiger partial charge in [-0.1, -0.05) is 37.0 Å². The van der Waals surface area contributed by atoms with Crippen LogP contribution >= 0.6 is 0 Å². The number of rotatable bonds is 3. The first kappa shape index (κ1) is 12.8. The summed E-state index contributed by atoms with van der Waals surface area (Å²) in [5, 5.41) is 16.9. The van der Waals surface area contributed by atoms with Crippen LogP contribution in [0.2, 0.25) is 19.6 Å². The van der Waals surface area contributed by atoms with E-state index in [2.05, 4.69) is 52.2 Å². The van der Waals surface area contributed by atoms with Gasteiger partial charge in [-0.25, -0.2) is 0 Å². The van der Waals surface area contributed by atoms with Gasteiger partial charge in [-0.2, -0.15) is 0 Å². The summed E-state index contributed by atoms with van der Waals surface area (Å²) < 4.78 is 0. The molecule has 0 saturated carbocycles. The fourth-order valence-electron chi connectivity index (χ4n) is 1.69. The highest BCUT2D eigenvalue weighted by Crippen LogP contribution is 2.16. The maximum absolute atomic E-state index is 5.75. The highest BCUT2D eigenvalue weighted by atomic mass is 28.3. The third kappa shape index (κ3) is 2.77.